The van der Waals surface area contributed by atoms with E-state index < -0.39 is 84.8 Å². The molecule has 396 valence electrons. The van der Waals surface area contributed by atoms with Gasteiger partial charge in [0.25, 0.3) is 0 Å². The molecule has 1 amide bonds. The van der Waals surface area contributed by atoms with Gasteiger partial charge in [-0.3, -0.25) is 4.79 Å². The Morgan fingerprint density at radius 2 is 1.63 bits per heavy atom. The van der Waals surface area contributed by atoms with Crippen molar-refractivity contribution < 1.29 is 73.1 Å². The maximum atomic E-state index is 14.2. The van der Waals surface area contributed by atoms with Crippen LogP contribution in [0.25, 0.3) is 0 Å². The number of esters is 1. The van der Waals surface area contributed by atoms with Gasteiger partial charge in [-0.1, -0.05) is 65.5 Å². The molecule has 9 unspecified atom stereocenters. The number of nitrogens with one attached hydrogen (secondary N) is 1. The molecule has 8 N–H and O–H groups in total. The second kappa shape index (κ2) is 25.6. The van der Waals surface area contributed by atoms with Gasteiger partial charge in [0.15, 0.2) is 18.7 Å². The van der Waals surface area contributed by atoms with Crippen LogP contribution in [0.15, 0.2) is 35.9 Å². The van der Waals surface area contributed by atoms with Gasteiger partial charge >= 0.3 is 12.1 Å². The lowest BCUT2D eigenvalue weighted by Gasteiger charge is -2.54. The number of hydrogen-bond acceptors (Lipinski definition) is 16. The number of fused-ring (bicyclic) bond motifs is 1. The fraction of sp³-hybridized carbons (Fsp3) is 0.792. The van der Waals surface area contributed by atoms with Crippen molar-refractivity contribution >= 4 is 17.8 Å². The number of amides is 1. The van der Waals surface area contributed by atoms with Crippen molar-refractivity contribution in [3.63, 3.8) is 0 Å². The molecule has 3 aliphatic carbocycles. The molecule has 2 heterocycles. The van der Waals surface area contributed by atoms with Crippen molar-refractivity contribution in [3.05, 3.63) is 41.5 Å². The number of nitrogens with two attached hydrogens (primary N) is 1. The first kappa shape index (κ1) is 56.1. The lowest BCUT2D eigenvalue weighted by Crippen LogP contribution is -2.63. The summed E-state index contributed by atoms with van der Waals surface area (Å²) >= 11 is 0. The van der Waals surface area contributed by atoms with Gasteiger partial charge in [0, 0.05) is 30.7 Å². The molecule has 0 radical (unpaired) electrons. The molecule has 6 rings (SSSR count). The molecule has 17 heteroatoms. The van der Waals surface area contributed by atoms with E-state index in [2.05, 4.69) is 39.1 Å². The molecule has 0 spiro atoms. The third-order valence-electron chi connectivity index (χ3n) is 16.4. The zero-order chi connectivity index (χ0) is 50.8. The molecule has 5 fully saturated rings. The predicted octanol–water partition coefficient (Wildman–Crippen LogP) is 5.49. The van der Waals surface area contributed by atoms with Crippen molar-refractivity contribution in [1.82, 2.24) is 5.32 Å². The highest BCUT2D eigenvalue weighted by molar-refractivity contribution is 5.89. The first-order valence-electron chi connectivity index (χ1n) is 26.1. The third-order valence-corrected chi connectivity index (χ3v) is 16.4. The van der Waals surface area contributed by atoms with E-state index in [1.165, 1.54) is 24.8 Å². The Morgan fingerprint density at radius 3 is 2.33 bits per heavy atom. The van der Waals surface area contributed by atoms with Gasteiger partial charge in [-0.25, -0.2) is 9.59 Å². The summed E-state index contributed by atoms with van der Waals surface area (Å²) in [4.78, 5) is 40.2. The fourth-order valence-electron chi connectivity index (χ4n) is 12.0. The molecule has 16 atom stereocenters. The number of ether oxygens (including phenoxy) is 7. The van der Waals surface area contributed by atoms with Crippen molar-refractivity contribution in [2.45, 2.75) is 198 Å². The number of hydrogen-bond donors (Lipinski definition) is 7. The highest BCUT2D eigenvalue weighted by atomic mass is 16.7. The van der Waals surface area contributed by atoms with Crippen molar-refractivity contribution in [3.8, 4) is 5.75 Å². The molecule has 0 bridgehead atoms. The van der Waals surface area contributed by atoms with Crippen LogP contribution in [0.3, 0.4) is 0 Å². The normalized spacial score (nSPS) is 36.6. The van der Waals surface area contributed by atoms with E-state index in [0.717, 1.165) is 64.2 Å². The molecule has 2 saturated heterocycles. The third kappa shape index (κ3) is 13.1. The first-order valence-corrected chi connectivity index (χ1v) is 26.1. The summed E-state index contributed by atoms with van der Waals surface area (Å²) in [5.74, 6) is -0.613. The molecule has 70 heavy (non-hydrogen) atoms. The Bertz CT molecular complexity index is 1870. The van der Waals surface area contributed by atoms with E-state index in [-0.39, 0.29) is 54.3 Å². The fourth-order valence-corrected chi connectivity index (χ4v) is 12.0. The Hall–Kier alpha value is -3.23. The SMILES string of the molecule is CCC1CC[C@@]2(C)[C@@H](C[C@H](OC3OCC(O)C(OC4OCC(O)C(O)C4OC(=O)c4ccc(OC)cc4)C3O)[C@]2(O)[C@H](C)C(=O)CCC(C)C)[C@@H]1C/C=C1\CCC[C@H](OC(=O)NCCCCCCN)C1. The van der Waals surface area contributed by atoms with E-state index in [4.69, 9.17) is 38.9 Å². The lowest BCUT2D eigenvalue weighted by molar-refractivity contribution is -0.344. The highest BCUT2D eigenvalue weighted by Gasteiger charge is 2.69. The van der Waals surface area contributed by atoms with Gasteiger partial charge in [0.1, 0.15) is 53.8 Å². The van der Waals surface area contributed by atoms with Gasteiger partial charge in [-0.2, -0.15) is 0 Å². The zero-order valence-electron chi connectivity index (χ0n) is 42.4. The minimum absolute atomic E-state index is 0.0704. The van der Waals surface area contributed by atoms with E-state index in [1.54, 1.807) is 19.1 Å². The van der Waals surface area contributed by atoms with Gasteiger partial charge < -0.3 is 69.7 Å². The summed E-state index contributed by atoms with van der Waals surface area (Å²) in [5, 5.41) is 61.2. The predicted molar refractivity (Wildman–Crippen MR) is 258 cm³/mol. The van der Waals surface area contributed by atoms with E-state index in [1.807, 2.05) is 0 Å². The second-order valence-electron chi connectivity index (χ2n) is 21.3. The topological polar surface area (TPSA) is 255 Å². The summed E-state index contributed by atoms with van der Waals surface area (Å²) in [6, 6.07) is 6.07. The number of aliphatic hydroxyl groups excluding tert-OH is 4. The number of alkyl carbamates (subject to hydrolysis) is 1. The largest absolute Gasteiger partial charge is 0.497 e. The standard InChI is InChI=1S/C53H84N2O15/c1-7-34-23-24-52(5)39(38(34)21-16-33-13-12-14-37(27-33)67-51(62)55-26-11-9-8-10-25-54)28-43(53(52,63)32(4)40(56)22-15-31(2)3)68-49-45(60)46(42(58)30-65-49)70-50-47(44(59)41(57)29-66-50)69-48(61)35-17-19-36(64-6)20-18-35/h16-20,31-32,34,37-39,41-47,49-50,57-60,63H,7-15,21-30,54H2,1-6H3,(H,55,62)/b33-16+/t32-,34?,37+,38-,39+,41?,42?,43+,44?,45?,46?,47?,49?,50?,52+,53-/m1/s1. The number of ketones is 1. The molecule has 1 aromatic rings. The molecule has 1 aromatic carbocycles. The number of unbranched alkanes of at least 4 members (excludes halogenated alkanes) is 3. The highest BCUT2D eigenvalue weighted by Crippen LogP contribution is 2.65. The van der Waals surface area contributed by atoms with E-state index in [9.17, 15) is 39.9 Å². The molecular weight excluding hydrogens is 905 g/mol. The number of carbonyl (C=O) groups is 3. The van der Waals surface area contributed by atoms with Crippen LogP contribution in [0.4, 0.5) is 4.79 Å². The van der Waals surface area contributed by atoms with Crippen LogP contribution in [-0.4, -0.2) is 144 Å². The number of methoxy groups -OCH3 is 1. The van der Waals surface area contributed by atoms with Gasteiger partial charge in [0.2, 0.25) is 0 Å². The Balaban J connectivity index is 1.20. The maximum Gasteiger partial charge on any atom is 0.407 e. The van der Waals surface area contributed by atoms with Crippen molar-refractivity contribution in [2.24, 2.45) is 40.7 Å². The minimum atomic E-state index is -1.69. The Kier molecular flexibility index (Phi) is 20.5. The maximum absolute atomic E-state index is 14.2. The Morgan fingerprint density at radius 1 is 0.914 bits per heavy atom. The zero-order valence-corrected chi connectivity index (χ0v) is 42.4. The number of rotatable bonds is 22. The Labute approximate surface area is 414 Å². The average molecular weight is 989 g/mol. The van der Waals surface area contributed by atoms with Crippen LogP contribution >= 0.6 is 0 Å². The van der Waals surface area contributed by atoms with Crippen LogP contribution in [0.1, 0.15) is 141 Å². The van der Waals surface area contributed by atoms with Crippen LogP contribution in [-0.2, 0) is 33.2 Å². The average Bonchev–Trinajstić information content (AvgIpc) is 3.57. The number of allylic oxidation sites excluding steroid dienone is 1. The van der Waals surface area contributed by atoms with E-state index >= 15 is 0 Å². The molecular formula is C53H84N2O15. The summed E-state index contributed by atoms with van der Waals surface area (Å²) in [7, 11) is 1.48. The summed E-state index contributed by atoms with van der Waals surface area (Å²) in [5.41, 5.74) is 4.52. The molecule has 17 nitrogen and oxygen atoms in total. The molecule has 5 aliphatic rings. The number of benzene rings is 1. The molecule has 2 aliphatic heterocycles. The molecule has 3 saturated carbocycles. The quantitative estimate of drug-likeness (QED) is 0.0431. The van der Waals surface area contributed by atoms with Crippen LogP contribution in [0.5, 0.6) is 5.75 Å². The second-order valence-corrected chi connectivity index (χ2v) is 21.3. The van der Waals surface area contributed by atoms with Gasteiger partial charge in [0.05, 0.1) is 32.0 Å². The summed E-state index contributed by atoms with van der Waals surface area (Å²) in [6.07, 6.45) is 0.200. The van der Waals surface area contributed by atoms with Gasteiger partial charge in [-0.15, -0.1) is 0 Å². The van der Waals surface area contributed by atoms with Crippen molar-refractivity contribution in [1.29, 1.82) is 0 Å². The number of Topliss-reactive ketones (excluding diaryl/α,β-unsaturated/α-hetero) is 1. The lowest BCUT2D eigenvalue weighted by atomic mass is 9.53. The van der Waals surface area contributed by atoms with E-state index in [0.29, 0.717) is 50.4 Å². The summed E-state index contributed by atoms with van der Waals surface area (Å²) in [6.45, 7) is 10.7. The smallest absolute Gasteiger partial charge is 0.407 e. The van der Waals surface area contributed by atoms with Crippen LogP contribution in [0.2, 0.25) is 0 Å². The summed E-state index contributed by atoms with van der Waals surface area (Å²) < 4.78 is 41.3. The van der Waals surface area contributed by atoms with Crippen molar-refractivity contribution in [2.75, 3.05) is 33.4 Å². The van der Waals surface area contributed by atoms with Crippen LogP contribution in [0, 0.1) is 35.0 Å². The monoisotopic (exact) mass is 989 g/mol. The molecule has 0 aromatic heterocycles. The number of aliphatic hydroxyl groups is 5. The van der Waals surface area contributed by atoms with Crippen LogP contribution < -0.4 is 15.8 Å². The minimum Gasteiger partial charge on any atom is -0.497 e. The first-order chi connectivity index (χ1) is 33.4. The van der Waals surface area contributed by atoms with Gasteiger partial charge in [-0.05, 0) is 119 Å². The number of carbonyl (C=O) groups excluding carboxylic acids is 3.